The number of rotatable bonds is 7. The molecule has 0 radical (unpaired) electrons. The highest BCUT2D eigenvalue weighted by atomic mass is 79.9. The zero-order chi connectivity index (χ0) is 21.0. The summed E-state index contributed by atoms with van der Waals surface area (Å²) >= 11 is 3.43. The Morgan fingerprint density at radius 3 is 2.07 bits per heavy atom. The second-order valence-electron chi connectivity index (χ2n) is 8.62. The van der Waals surface area contributed by atoms with Gasteiger partial charge >= 0.3 is 5.97 Å². The van der Waals surface area contributed by atoms with Gasteiger partial charge in [0.1, 0.15) is 0 Å². The first-order valence-corrected chi connectivity index (χ1v) is 10.6. The van der Waals surface area contributed by atoms with Crippen LogP contribution in [0.2, 0.25) is 0 Å². The van der Waals surface area contributed by atoms with Crippen LogP contribution in [0.15, 0.2) is 40.9 Å². The standard InChI is InChI=1S/C22H25BrN2O4/c1-29-17(26)8-9-21(18(24)27)15-6-7-16(20(15)10-11-20)22(21,19(25)28)12-13-2-4-14(23)5-3-13/h2-7,15-16H,8-12H2,1H3,(H2,24,27)(H2,25,28)/t15-,16+,21+,22+/m1/s1. The van der Waals surface area contributed by atoms with Crippen molar-refractivity contribution < 1.29 is 19.1 Å². The molecular formula is C22H25BrN2O4. The average Bonchev–Trinajstić information content (AvgIpc) is 3.35. The van der Waals surface area contributed by atoms with E-state index in [-0.39, 0.29) is 30.1 Å². The van der Waals surface area contributed by atoms with Gasteiger partial charge in [0.05, 0.1) is 17.9 Å². The fraction of sp³-hybridized carbons (Fsp3) is 0.500. The molecule has 2 amide bonds. The van der Waals surface area contributed by atoms with Crippen molar-refractivity contribution in [2.45, 2.75) is 32.1 Å². The first kappa shape index (κ1) is 20.1. The smallest absolute Gasteiger partial charge is 0.305 e. The van der Waals surface area contributed by atoms with E-state index < -0.39 is 28.6 Å². The molecule has 1 spiro atoms. The summed E-state index contributed by atoms with van der Waals surface area (Å²) in [6, 6.07) is 7.66. The number of allylic oxidation sites excluding steroid dienone is 2. The number of methoxy groups -OCH3 is 1. The highest BCUT2D eigenvalue weighted by Gasteiger charge is 2.82. The maximum absolute atomic E-state index is 13.2. The summed E-state index contributed by atoms with van der Waals surface area (Å²) in [5.74, 6) is -1.85. The summed E-state index contributed by atoms with van der Waals surface area (Å²) in [4.78, 5) is 38.3. The van der Waals surface area contributed by atoms with Gasteiger partial charge in [-0.15, -0.1) is 0 Å². The molecular weight excluding hydrogens is 436 g/mol. The van der Waals surface area contributed by atoms with E-state index in [0.717, 1.165) is 22.9 Å². The Morgan fingerprint density at radius 2 is 1.59 bits per heavy atom. The molecule has 6 nitrogen and oxygen atoms in total. The molecule has 0 unspecified atom stereocenters. The molecule has 2 bridgehead atoms. The lowest BCUT2D eigenvalue weighted by atomic mass is 9.53. The summed E-state index contributed by atoms with van der Waals surface area (Å²) < 4.78 is 5.74. The van der Waals surface area contributed by atoms with Gasteiger partial charge in [-0.3, -0.25) is 14.4 Å². The minimum Gasteiger partial charge on any atom is -0.469 e. The largest absolute Gasteiger partial charge is 0.469 e. The summed E-state index contributed by atoms with van der Waals surface area (Å²) in [5, 5.41) is 0. The maximum Gasteiger partial charge on any atom is 0.305 e. The third-order valence-electron chi connectivity index (χ3n) is 7.65. The van der Waals surface area contributed by atoms with Crippen molar-refractivity contribution in [3.63, 3.8) is 0 Å². The minimum atomic E-state index is -1.21. The van der Waals surface area contributed by atoms with Crippen LogP contribution in [0.25, 0.3) is 0 Å². The van der Waals surface area contributed by atoms with Crippen molar-refractivity contribution in [3.05, 3.63) is 46.5 Å². The molecule has 0 heterocycles. The zero-order valence-corrected chi connectivity index (χ0v) is 17.9. The Kier molecular flexibility index (Phi) is 4.64. The Bertz CT molecular complexity index is 908. The zero-order valence-electron chi connectivity index (χ0n) is 16.3. The summed E-state index contributed by atoms with van der Waals surface area (Å²) in [7, 11) is 1.31. The number of carbonyl (C=O) groups is 3. The van der Waals surface area contributed by atoms with E-state index in [1.807, 2.05) is 30.3 Å². The lowest BCUT2D eigenvalue weighted by Crippen LogP contribution is -2.60. The maximum atomic E-state index is 13.2. The molecule has 154 valence electrons. The van der Waals surface area contributed by atoms with E-state index in [9.17, 15) is 14.4 Å². The third kappa shape index (κ3) is 2.56. The number of primary amides is 2. The van der Waals surface area contributed by atoms with Crippen LogP contribution in [-0.2, 0) is 25.5 Å². The molecule has 3 aliphatic carbocycles. The van der Waals surface area contributed by atoms with Crippen LogP contribution in [-0.4, -0.2) is 24.9 Å². The van der Waals surface area contributed by atoms with E-state index >= 15 is 0 Å². The molecule has 7 heteroatoms. The molecule has 0 saturated heterocycles. The van der Waals surface area contributed by atoms with E-state index in [1.165, 1.54) is 7.11 Å². The number of halogens is 1. The Labute approximate surface area is 178 Å². The van der Waals surface area contributed by atoms with Crippen molar-refractivity contribution in [1.29, 1.82) is 0 Å². The summed E-state index contributed by atoms with van der Waals surface area (Å²) in [6.07, 6.45) is 6.43. The predicted octanol–water partition coefficient (Wildman–Crippen LogP) is 2.48. The molecule has 2 saturated carbocycles. The Morgan fingerprint density at radius 1 is 1.03 bits per heavy atom. The normalized spacial score (nSPS) is 33.0. The topological polar surface area (TPSA) is 112 Å². The second-order valence-corrected chi connectivity index (χ2v) is 9.54. The van der Waals surface area contributed by atoms with Crippen LogP contribution in [0.3, 0.4) is 0 Å². The fourth-order valence-corrected chi connectivity index (χ4v) is 6.62. The molecule has 4 N–H and O–H groups in total. The van der Waals surface area contributed by atoms with Gasteiger partial charge in [-0.1, -0.05) is 40.2 Å². The Balaban J connectivity index is 1.88. The van der Waals surface area contributed by atoms with Crippen molar-refractivity contribution >= 4 is 33.7 Å². The first-order valence-electron chi connectivity index (χ1n) is 9.84. The van der Waals surface area contributed by atoms with Crippen molar-refractivity contribution in [1.82, 2.24) is 0 Å². The number of nitrogens with two attached hydrogens (primary N) is 2. The van der Waals surface area contributed by atoms with E-state index in [1.54, 1.807) is 0 Å². The van der Waals surface area contributed by atoms with Crippen molar-refractivity contribution in [2.75, 3.05) is 7.11 Å². The highest BCUT2D eigenvalue weighted by Crippen LogP contribution is 2.81. The summed E-state index contributed by atoms with van der Waals surface area (Å²) in [6.45, 7) is 0. The monoisotopic (exact) mass is 460 g/mol. The third-order valence-corrected chi connectivity index (χ3v) is 8.18. The van der Waals surface area contributed by atoms with Crippen molar-refractivity contribution in [2.24, 2.45) is 39.5 Å². The number of benzene rings is 1. The van der Waals surface area contributed by atoms with Gasteiger partial charge in [-0.25, -0.2) is 0 Å². The van der Waals surface area contributed by atoms with E-state index in [2.05, 4.69) is 22.0 Å². The predicted molar refractivity (Wildman–Crippen MR) is 110 cm³/mol. The van der Waals surface area contributed by atoms with Crippen LogP contribution in [0.5, 0.6) is 0 Å². The van der Waals surface area contributed by atoms with E-state index in [4.69, 9.17) is 16.2 Å². The molecule has 29 heavy (non-hydrogen) atoms. The lowest BCUT2D eigenvalue weighted by molar-refractivity contribution is -0.154. The van der Waals surface area contributed by atoms with Crippen LogP contribution in [0.1, 0.15) is 31.2 Å². The van der Waals surface area contributed by atoms with Crippen LogP contribution in [0.4, 0.5) is 0 Å². The summed E-state index contributed by atoms with van der Waals surface area (Å²) in [5.41, 5.74) is 10.5. The highest BCUT2D eigenvalue weighted by molar-refractivity contribution is 9.10. The van der Waals surface area contributed by atoms with Crippen LogP contribution < -0.4 is 11.5 Å². The quantitative estimate of drug-likeness (QED) is 0.480. The molecule has 3 aliphatic rings. The number of hydrogen-bond donors (Lipinski definition) is 2. The first-order chi connectivity index (χ1) is 13.7. The van der Waals surface area contributed by atoms with E-state index in [0.29, 0.717) is 6.42 Å². The number of amides is 2. The molecule has 0 aliphatic heterocycles. The number of carbonyl (C=O) groups excluding carboxylic acids is 3. The lowest BCUT2D eigenvalue weighted by Gasteiger charge is -2.48. The molecule has 2 fully saturated rings. The van der Waals surface area contributed by atoms with Gasteiger partial charge < -0.3 is 16.2 Å². The van der Waals surface area contributed by atoms with Gasteiger partial charge in [0.15, 0.2) is 0 Å². The van der Waals surface area contributed by atoms with Gasteiger partial charge in [-0.2, -0.15) is 0 Å². The average molecular weight is 461 g/mol. The van der Waals surface area contributed by atoms with Gasteiger partial charge in [0.2, 0.25) is 11.8 Å². The van der Waals surface area contributed by atoms with Crippen molar-refractivity contribution in [3.8, 4) is 0 Å². The molecule has 0 aromatic heterocycles. The molecule has 4 atom stereocenters. The number of esters is 1. The number of ether oxygens (including phenoxy) is 1. The van der Waals surface area contributed by atoms with Gasteiger partial charge in [0.25, 0.3) is 0 Å². The van der Waals surface area contributed by atoms with Crippen LogP contribution in [0, 0.1) is 28.1 Å². The Hall–Kier alpha value is -2.15. The molecule has 4 rings (SSSR count). The SMILES string of the molecule is COC(=O)CC[C@@]1(C(N)=O)[C@@H]2C=C[C@@H](C23CC3)[C@@]1(Cc1ccc(Br)cc1)C(N)=O. The van der Waals surface area contributed by atoms with Gasteiger partial charge in [-0.05, 0) is 60.6 Å². The second kappa shape index (κ2) is 6.69. The fourth-order valence-electron chi connectivity index (χ4n) is 6.36. The van der Waals surface area contributed by atoms with Crippen LogP contribution >= 0.6 is 15.9 Å². The minimum absolute atomic E-state index is 0.0158. The number of hydrogen-bond acceptors (Lipinski definition) is 4. The molecule has 1 aromatic carbocycles. The molecule has 1 aromatic rings. The van der Waals surface area contributed by atoms with Gasteiger partial charge in [0, 0.05) is 10.9 Å².